The zero-order valence-electron chi connectivity index (χ0n) is 13.6. The molecule has 6 nitrogen and oxygen atoms in total. The van der Waals surface area contributed by atoms with Gasteiger partial charge in [0.25, 0.3) is 10.0 Å². The van der Waals surface area contributed by atoms with Crippen molar-refractivity contribution in [1.82, 2.24) is 3.97 Å². The summed E-state index contributed by atoms with van der Waals surface area (Å²) in [5.41, 5.74) is 0.965. The molecule has 1 heterocycles. The van der Waals surface area contributed by atoms with Crippen LogP contribution in [0.25, 0.3) is 0 Å². The fourth-order valence-electron chi connectivity index (χ4n) is 2.19. The van der Waals surface area contributed by atoms with Crippen LogP contribution < -0.4 is 0 Å². The summed E-state index contributed by atoms with van der Waals surface area (Å²) in [5, 5.41) is 0. The number of carbonyl (C=O) groups is 2. The van der Waals surface area contributed by atoms with E-state index >= 15 is 0 Å². The number of hydrogen-bond acceptors (Lipinski definition) is 5. The van der Waals surface area contributed by atoms with Crippen molar-refractivity contribution in [3.8, 4) is 0 Å². The first kappa shape index (κ1) is 17.9. The predicted molar refractivity (Wildman–Crippen MR) is 88.4 cm³/mol. The molecule has 2 aromatic rings. The second-order valence-corrected chi connectivity index (χ2v) is 7.05. The quantitative estimate of drug-likeness (QED) is 0.567. The molecule has 0 aliphatic heterocycles. The number of rotatable bonds is 7. The number of hydrogen-bond donors (Lipinski definition) is 0. The predicted octanol–water partition coefficient (Wildman–Crippen LogP) is 2.56. The van der Waals surface area contributed by atoms with Gasteiger partial charge < -0.3 is 4.74 Å². The van der Waals surface area contributed by atoms with E-state index in [1.54, 1.807) is 19.1 Å². The van der Waals surface area contributed by atoms with Gasteiger partial charge in [-0.2, -0.15) is 0 Å². The minimum Gasteiger partial charge on any atom is -0.466 e. The third kappa shape index (κ3) is 3.91. The Labute approximate surface area is 141 Å². The van der Waals surface area contributed by atoms with Gasteiger partial charge >= 0.3 is 5.97 Å². The van der Waals surface area contributed by atoms with Gasteiger partial charge in [0.1, 0.15) is 0 Å². The number of benzene rings is 1. The van der Waals surface area contributed by atoms with Crippen molar-refractivity contribution in [2.24, 2.45) is 0 Å². The van der Waals surface area contributed by atoms with Gasteiger partial charge in [0.15, 0.2) is 5.78 Å². The Bertz CT molecular complexity index is 834. The van der Waals surface area contributed by atoms with Gasteiger partial charge in [-0.25, -0.2) is 12.4 Å². The van der Waals surface area contributed by atoms with Crippen LogP contribution in [-0.4, -0.2) is 30.7 Å². The molecule has 7 heteroatoms. The molecule has 1 aromatic heterocycles. The minimum atomic E-state index is -3.86. The molecule has 0 amide bonds. The summed E-state index contributed by atoms with van der Waals surface area (Å²) in [6, 6.07) is 9.30. The Morgan fingerprint density at radius 2 is 1.75 bits per heavy atom. The van der Waals surface area contributed by atoms with Gasteiger partial charge in [-0.05, 0) is 38.1 Å². The van der Waals surface area contributed by atoms with Crippen molar-refractivity contribution >= 4 is 21.8 Å². The van der Waals surface area contributed by atoms with Crippen molar-refractivity contribution in [3.63, 3.8) is 0 Å². The Morgan fingerprint density at radius 1 is 1.08 bits per heavy atom. The molecule has 0 aliphatic carbocycles. The zero-order chi connectivity index (χ0) is 17.7. The lowest BCUT2D eigenvalue weighted by Gasteiger charge is -2.10. The number of nitrogens with zero attached hydrogens (tertiary/aromatic N) is 1. The highest BCUT2D eigenvalue weighted by atomic mass is 32.2. The van der Waals surface area contributed by atoms with E-state index in [9.17, 15) is 18.0 Å². The molecule has 0 fully saturated rings. The van der Waals surface area contributed by atoms with E-state index in [1.807, 2.05) is 6.92 Å². The summed E-state index contributed by atoms with van der Waals surface area (Å²) in [7, 11) is -3.86. The molecule has 0 spiro atoms. The maximum absolute atomic E-state index is 12.7. The Morgan fingerprint density at radius 3 is 2.38 bits per heavy atom. The van der Waals surface area contributed by atoms with Crippen LogP contribution in [0.5, 0.6) is 0 Å². The number of carbonyl (C=O) groups excluding carboxylic acids is 2. The first-order valence-electron chi connectivity index (χ1n) is 7.54. The van der Waals surface area contributed by atoms with Crippen LogP contribution in [0.2, 0.25) is 0 Å². The minimum absolute atomic E-state index is 0.0277. The standard InChI is InChI=1S/C17H19NO5S/c1-3-23-17(20)11-10-16(19)15-5-4-12-18(15)24(21,22)14-8-6-13(2)7-9-14/h4-9,12H,3,10-11H2,1-2H3. The van der Waals surface area contributed by atoms with E-state index in [4.69, 9.17) is 4.74 Å². The Kier molecular flexibility index (Phi) is 5.56. The normalized spacial score (nSPS) is 11.2. The van der Waals surface area contributed by atoms with E-state index < -0.39 is 21.8 Å². The summed E-state index contributed by atoms with van der Waals surface area (Å²) >= 11 is 0. The zero-order valence-corrected chi connectivity index (χ0v) is 14.4. The van der Waals surface area contributed by atoms with Gasteiger partial charge in [0.05, 0.1) is 23.6 Å². The average Bonchev–Trinajstić information content (AvgIpc) is 3.04. The highest BCUT2D eigenvalue weighted by Gasteiger charge is 2.22. The van der Waals surface area contributed by atoms with Crippen molar-refractivity contribution in [1.29, 1.82) is 0 Å². The monoisotopic (exact) mass is 349 g/mol. The number of aromatic nitrogens is 1. The third-order valence-corrected chi connectivity index (χ3v) is 5.14. The molecule has 24 heavy (non-hydrogen) atoms. The molecule has 0 saturated carbocycles. The summed E-state index contributed by atoms with van der Waals surface area (Å²) in [4.78, 5) is 23.7. The molecule has 128 valence electrons. The fourth-order valence-corrected chi connectivity index (χ4v) is 3.55. The number of ether oxygens (including phenoxy) is 1. The lowest BCUT2D eigenvalue weighted by molar-refractivity contribution is -0.143. The molecular formula is C17H19NO5S. The van der Waals surface area contributed by atoms with E-state index in [-0.39, 0.29) is 30.0 Å². The molecule has 0 N–H and O–H groups in total. The van der Waals surface area contributed by atoms with Crippen molar-refractivity contribution in [2.75, 3.05) is 6.61 Å². The van der Waals surface area contributed by atoms with Crippen LogP contribution in [0, 0.1) is 6.92 Å². The van der Waals surface area contributed by atoms with Crippen molar-refractivity contribution < 1.29 is 22.7 Å². The maximum atomic E-state index is 12.7. The largest absolute Gasteiger partial charge is 0.466 e. The summed E-state index contributed by atoms with van der Waals surface area (Å²) in [5.74, 6) is -0.908. The highest BCUT2D eigenvalue weighted by Crippen LogP contribution is 2.18. The van der Waals surface area contributed by atoms with E-state index in [1.165, 1.54) is 30.5 Å². The number of esters is 1. The van der Waals surface area contributed by atoms with Crippen LogP contribution in [0.1, 0.15) is 35.8 Å². The van der Waals surface area contributed by atoms with E-state index in [0.29, 0.717) is 0 Å². The first-order chi connectivity index (χ1) is 11.4. The molecule has 0 aliphatic rings. The first-order valence-corrected chi connectivity index (χ1v) is 8.98. The molecular weight excluding hydrogens is 330 g/mol. The van der Waals surface area contributed by atoms with Crippen molar-refractivity contribution in [3.05, 3.63) is 53.9 Å². The fraction of sp³-hybridized carbons (Fsp3) is 0.294. The molecule has 1 aromatic carbocycles. The number of ketones is 1. The van der Waals surface area contributed by atoms with Crippen LogP contribution in [-0.2, 0) is 19.6 Å². The van der Waals surface area contributed by atoms with Gasteiger partial charge in [0.2, 0.25) is 0 Å². The summed E-state index contributed by atoms with van der Waals surface area (Å²) < 4.78 is 31.1. The topological polar surface area (TPSA) is 82.4 Å². The smallest absolute Gasteiger partial charge is 0.306 e. The van der Waals surface area contributed by atoms with Crippen LogP contribution in [0.3, 0.4) is 0 Å². The van der Waals surface area contributed by atoms with E-state index in [2.05, 4.69) is 0 Å². The van der Waals surface area contributed by atoms with E-state index in [0.717, 1.165) is 9.54 Å². The Balaban J connectivity index is 2.24. The lowest BCUT2D eigenvalue weighted by Crippen LogP contribution is -2.18. The van der Waals surface area contributed by atoms with Crippen LogP contribution in [0.4, 0.5) is 0 Å². The van der Waals surface area contributed by atoms with Crippen LogP contribution in [0.15, 0.2) is 47.5 Å². The number of Topliss-reactive ketones (excluding diaryl/α,β-unsaturated/α-hetero) is 1. The second-order valence-electron chi connectivity index (χ2n) is 5.24. The molecule has 2 rings (SSSR count). The third-order valence-electron chi connectivity index (χ3n) is 3.44. The lowest BCUT2D eigenvalue weighted by atomic mass is 10.2. The number of aryl methyl sites for hydroxylation is 1. The molecule has 0 radical (unpaired) electrons. The molecule has 0 bridgehead atoms. The van der Waals surface area contributed by atoms with Gasteiger partial charge in [-0.3, -0.25) is 9.59 Å². The van der Waals surface area contributed by atoms with Crippen molar-refractivity contribution in [2.45, 2.75) is 31.6 Å². The van der Waals surface area contributed by atoms with Gasteiger partial charge in [0, 0.05) is 12.6 Å². The average molecular weight is 349 g/mol. The van der Waals surface area contributed by atoms with Gasteiger partial charge in [-0.1, -0.05) is 17.7 Å². The Hall–Kier alpha value is -2.41. The molecule has 0 saturated heterocycles. The summed E-state index contributed by atoms with van der Waals surface area (Å²) in [6.45, 7) is 3.78. The maximum Gasteiger partial charge on any atom is 0.306 e. The summed E-state index contributed by atoms with van der Waals surface area (Å²) in [6.07, 6.45) is 1.14. The molecule has 0 atom stereocenters. The molecule has 0 unspecified atom stereocenters. The second kappa shape index (κ2) is 7.44. The highest BCUT2D eigenvalue weighted by molar-refractivity contribution is 7.90. The SMILES string of the molecule is CCOC(=O)CCC(=O)c1cccn1S(=O)(=O)c1ccc(C)cc1. The van der Waals surface area contributed by atoms with Gasteiger partial charge in [-0.15, -0.1) is 0 Å². The van der Waals surface area contributed by atoms with Crippen LogP contribution >= 0.6 is 0 Å².